The molecule has 0 aromatic carbocycles. The second kappa shape index (κ2) is 18.4. The number of Topliss-reactive ketones (excluding diaryl/α,β-unsaturated/α-hetero) is 1. The highest BCUT2D eigenvalue weighted by molar-refractivity contribution is 6.00. The zero-order chi connectivity index (χ0) is 23.4. The summed E-state index contributed by atoms with van der Waals surface area (Å²) in [6.45, 7) is 3.39. The number of unbranched alkanes of at least 4 members (excludes halogenated alkanes) is 8. The lowest BCUT2D eigenvalue weighted by molar-refractivity contribution is -0.188. The molecule has 0 unspecified atom stereocenters. The Morgan fingerprint density at radius 3 is 2.03 bits per heavy atom. The Bertz CT molecular complexity index is 590. The van der Waals surface area contributed by atoms with Crippen molar-refractivity contribution >= 4 is 23.6 Å². The van der Waals surface area contributed by atoms with Crippen molar-refractivity contribution in [3.8, 4) is 0 Å². The minimum atomic E-state index is -0.368. The average Bonchev–Trinajstić information content (AvgIpc) is 3.10. The number of carbonyl (C=O) groups excluding carboxylic acids is 4. The van der Waals surface area contributed by atoms with Crippen LogP contribution in [0.25, 0.3) is 0 Å². The number of nitrogens with zero attached hydrogens (tertiary/aromatic N) is 1. The number of urea groups is 1. The Hall–Kier alpha value is -2.22. The molecule has 0 spiro atoms. The van der Waals surface area contributed by atoms with Gasteiger partial charge < -0.3 is 10.6 Å². The summed E-state index contributed by atoms with van der Waals surface area (Å²) >= 11 is 0. The van der Waals surface area contributed by atoms with Gasteiger partial charge in [0.1, 0.15) is 6.61 Å². The Balaban J connectivity index is 1.85. The molecule has 0 aromatic rings. The number of hydroxylamine groups is 2. The number of allylic oxidation sites excluding steroid dienone is 2. The maximum Gasteiger partial charge on any atom is 0.314 e. The number of hydrogen-bond donors (Lipinski definition) is 2. The lowest BCUT2D eigenvalue weighted by Crippen LogP contribution is -2.36. The fourth-order valence-electron chi connectivity index (χ4n) is 3.31. The van der Waals surface area contributed by atoms with Crippen LogP contribution in [0.1, 0.15) is 96.8 Å². The van der Waals surface area contributed by atoms with E-state index in [4.69, 9.17) is 4.84 Å². The molecule has 0 aliphatic carbocycles. The average molecular weight is 452 g/mol. The van der Waals surface area contributed by atoms with Crippen LogP contribution < -0.4 is 10.6 Å². The van der Waals surface area contributed by atoms with E-state index in [1.54, 1.807) is 0 Å². The highest BCUT2D eigenvalue weighted by atomic mass is 16.7. The third kappa shape index (κ3) is 14.0. The third-order valence-corrected chi connectivity index (χ3v) is 5.25. The zero-order valence-electron chi connectivity index (χ0n) is 19.7. The molecule has 8 heteroatoms. The Morgan fingerprint density at radius 2 is 1.41 bits per heavy atom. The zero-order valence-corrected chi connectivity index (χ0v) is 19.7. The fraction of sp³-hybridized carbons (Fsp3) is 0.750. The maximum atomic E-state index is 11.8. The van der Waals surface area contributed by atoms with Crippen molar-refractivity contribution in [1.29, 1.82) is 0 Å². The van der Waals surface area contributed by atoms with E-state index in [1.807, 2.05) is 0 Å². The van der Waals surface area contributed by atoms with Gasteiger partial charge >= 0.3 is 6.03 Å². The number of carbonyl (C=O) groups is 4. The minimum absolute atomic E-state index is 0.0670. The smallest absolute Gasteiger partial charge is 0.314 e. The molecule has 0 radical (unpaired) electrons. The van der Waals surface area contributed by atoms with Crippen molar-refractivity contribution in [2.75, 3.05) is 19.7 Å². The SMILES string of the molecule is CCCCCNC(=O)NCCCC/C=C\CCCCCCC(=O)CON1C(=O)CCC1=O. The Kier molecular flexibility index (Phi) is 16.0. The maximum absolute atomic E-state index is 11.8. The van der Waals surface area contributed by atoms with Crippen LogP contribution in [0.5, 0.6) is 0 Å². The first-order chi connectivity index (χ1) is 15.5. The second-order valence-corrected chi connectivity index (χ2v) is 8.20. The van der Waals surface area contributed by atoms with E-state index in [1.165, 1.54) is 0 Å². The Labute approximate surface area is 192 Å². The number of ketones is 1. The molecule has 4 amide bonds. The van der Waals surface area contributed by atoms with E-state index in [0.717, 1.165) is 82.2 Å². The molecule has 1 aliphatic rings. The highest BCUT2D eigenvalue weighted by Gasteiger charge is 2.30. The number of imide groups is 1. The van der Waals surface area contributed by atoms with Crippen LogP contribution in [0.15, 0.2) is 12.2 Å². The lowest BCUT2D eigenvalue weighted by atomic mass is 10.1. The first-order valence-corrected chi connectivity index (χ1v) is 12.2. The molecule has 0 saturated carbocycles. The molecule has 1 heterocycles. The van der Waals surface area contributed by atoms with Crippen LogP contribution in [0.4, 0.5) is 4.79 Å². The highest BCUT2D eigenvalue weighted by Crippen LogP contribution is 2.12. The molecule has 182 valence electrons. The van der Waals surface area contributed by atoms with Crippen LogP contribution in [-0.2, 0) is 19.2 Å². The lowest BCUT2D eigenvalue weighted by Gasteiger charge is -2.12. The summed E-state index contributed by atoms with van der Waals surface area (Å²) in [5, 5.41) is 6.48. The molecular formula is C24H41N3O5. The van der Waals surface area contributed by atoms with Gasteiger partial charge in [-0.05, 0) is 44.9 Å². The molecule has 2 N–H and O–H groups in total. The standard InChI is InChI=1S/C24H41N3O5/c1-2-3-13-18-25-24(31)26-19-14-11-9-7-5-4-6-8-10-12-15-21(28)20-32-27-22(29)16-17-23(27)30/h5,7H,2-4,6,8-20H2,1H3,(H2,25,26,31)/b7-5-. The van der Waals surface area contributed by atoms with Gasteiger partial charge in [-0.1, -0.05) is 44.8 Å². The van der Waals surface area contributed by atoms with Crippen LogP contribution in [0.2, 0.25) is 0 Å². The number of rotatable bonds is 19. The van der Waals surface area contributed by atoms with Gasteiger partial charge in [0.15, 0.2) is 5.78 Å². The van der Waals surface area contributed by atoms with E-state index in [2.05, 4.69) is 29.7 Å². The van der Waals surface area contributed by atoms with Crippen molar-refractivity contribution < 1.29 is 24.0 Å². The van der Waals surface area contributed by atoms with Crippen molar-refractivity contribution in [2.24, 2.45) is 0 Å². The van der Waals surface area contributed by atoms with Crippen molar-refractivity contribution in [2.45, 2.75) is 96.8 Å². The van der Waals surface area contributed by atoms with Crippen molar-refractivity contribution in [3.05, 3.63) is 12.2 Å². The first kappa shape index (κ1) is 27.8. The third-order valence-electron chi connectivity index (χ3n) is 5.25. The molecule has 1 fully saturated rings. The van der Waals surface area contributed by atoms with E-state index in [-0.39, 0.29) is 43.1 Å². The minimum Gasteiger partial charge on any atom is -0.338 e. The fourth-order valence-corrected chi connectivity index (χ4v) is 3.31. The van der Waals surface area contributed by atoms with E-state index in [9.17, 15) is 19.2 Å². The summed E-state index contributed by atoms with van der Waals surface area (Å²) in [5.41, 5.74) is 0. The molecular weight excluding hydrogens is 410 g/mol. The van der Waals surface area contributed by atoms with Gasteiger partial charge in [0.25, 0.3) is 11.8 Å². The summed E-state index contributed by atoms with van der Waals surface area (Å²) < 4.78 is 0. The monoisotopic (exact) mass is 451 g/mol. The molecule has 0 atom stereocenters. The summed E-state index contributed by atoms with van der Waals surface area (Å²) in [6.07, 6.45) is 16.5. The van der Waals surface area contributed by atoms with Gasteiger partial charge in [-0.15, -0.1) is 0 Å². The van der Waals surface area contributed by atoms with Crippen LogP contribution in [0.3, 0.4) is 0 Å². The topological polar surface area (TPSA) is 105 Å². The van der Waals surface area contributed by atoms with Gasteiger partial charge in [0.2, 0.25) is 0 Å². The van der Waals surface area contributed by atoms with E-state index in [0.29, 0.717) is 13.0 Å². The van der Waals surface area contributed by atoms with Crippen LogP contribution in [0, 0.1) is 0 Å². The Morgan fingerprint density at radius 1 is 0.844 bits per heavy atom. The molecule has 1 saturated heterocycles. The first-order valence-electron chi connectivity index (χ1n) is 12.2. The van der Waals surface area contributed by atoms with Crippen LogP contribution in [-0.4, -0.2) is 48.4 Å². The predicted molar refractivity (Wildman–Crippen MR) is 124 cm³/mol. The normalized spacial score (nSPS) is 13.8. The molecule has 1 aliphatic heterocycles. The molecule has 0 aromatic heterocycles. The van der Waals surface area contributed by atoms with Gasteiger partial charge in [-0.2, -0.15) is 5.06 Å². The van der Waals surface area contributed by atoms with E-state index < -0.39 is 0 Å². The van der Waals surface area contributed by atoms with E-state index >= 15 is 0 Å². The molecule has 1 rings (SSSR count). The largest absolute Gasteiger partial charge is 0.338 e. The molecule has 8 nitrogen and oxygen atoms in total. The molecule has 32 heavy (non-hydrogen) atoms. The van der Waals surface area contributed by atoms with Crippen molar-refractivity contribution in [1.82, 2.24) is 15.7 Å². The summed E-state index contributed by atoms with van der Waals surface area (Å²) in [4.78, 5) is 51.2. The van der Waals surface area contributed by atoms with Crippen LogP contribution >= 0.6 is 0 Å². The van der Waals surface area contributed by atoms with Gasteiger partial charge in [0, 0.05) is 32.4 Å². The number of nitrogens with one attached hydrogen (secondary N) is 2. The second-order valence-electron chi connectivity index (χ2n) is 8.20. The summed E-state index contributed by atoms with van der Waals surface area (Å²) in [5.74, 6) is -0.818. The summed E-state index contributed by atoms with van der Waals surface area (Å²) in [6, 6.07) is -0.0670. The number of amides is 4. The predicted octanol–water partition coefficient (Wildman–Crippen LogP) is 4.19. The summed E-state index contributed by atoms with van der Waals surface area (Å²) in [7, 11) is 0. The van der Waals surface area contributed by atoms with Gasteiger partial charge in [0.05, 0.1) is 0 Å². The van der Waals surface area contributed by atoms with Crippen molar-refractivity contribution in [3.63, 3.8) is 0 Å². The molecule has 0 bridgehead atoms. The quantitative estimate of drug-likeness (QED) is 0.174. The number of hydrogen-bond acceptors (Lipinski definition) is 5. The van der Waals surface area contributed by atoms with Gasteiger partial charge in [-0.3, -0.25) is 19.2 Å². The van der Waals surface area contributed by atoms with Gasteiger partial charge in [-0.25, -0.2) is 4.79 Å².